The molecule has 10 aromatic heterocycles. The summed E-state index contributed by atoms with van der Waals surface area (Å²) in [4.78, 5) is 96.0. The van der Waals surface area contributed by atoms with E-state index in [1.165, 1.54) is 66.0 Å². The molecule has 0 spiro atoms. The Morgan fingerprint density at radius 3 is 1.23 bits per heavy atom. The highest BCUT2D eigenvalue weighted by atomic mass is 35.5. The zero-order valence-electron chi connectivity index (χ0n) is 66.6. The largest absolute Gasteiger partial charge is 0.481 e. The van der Waals surface area contributed by atoms with E-state index in [1.807, 2.05) is 80.6 Å². The van der Waals surface area contributed by atoms with Gasteiger partial charge in [0, 0.05) is 101 Å². The Labute approximate surface area is 733 Å². The molecule has 11 heterocycles. The molecule has 0 bridgehead atoms. The van der Waals surface area contributed by atoms with Gasteiger partial charge in [0.25, 0.3) is 0 Å². The maximum atomic E-state index is 13.9. The third-order valence-corrected chi connectivity index (χ3v) is 18.9. The highest BCUT2D eigenvalue weighted by molar-refractivity contribution is 6.41. The third-order valence-electron chi connectivity index (χ3n) is 16.9. The van der Waals surface area contributed by atoms with Crippen LogP contribution in [0.15, 0.2) is 213 Å². The molecule has 0 saturated carbocycles. The van der Waals surface area contributed by atoms with Crippen molar-refractivity contribution in [2.45, 2.75) is 71.6 Å². The van der Waals surface area contributed by atoms with Gasteiger partial charge in [0.2, 0.25) is 0 Å². The van der Waals surface area contributed by atoms with Crippen LogP contribution >= 0.6 is 69.6 Å². The van der Waals surface area contributed by atoms with Crippen molar-refractivity contribution >= 4 is 128 Å². The number of hydrogen-bond acceptors (Lipinski definition) is 23. The van der Waals surface area contributed by atoms with Gasteiger partial charge in [0.15, 0.2) is 17.1 Å². The number of nitrogens with zero attached hydrogens (tertiary/aromatic N) is 14. The van der Waals surface area contributed by atoms with Crippen LogP contribution in [-0.4, -0.2) is 163 Å². The summed E-state index contributed by atoms with van der Waals surface area (Å²) in [6.07, 6.45) is 14.6. The number of aliphatic carboxylic acids is 1. The number of pyridine rings is 7. The molecule has 0 unspecified atom stereocenters. The van der Waals surface area contributed by atoms with Gasteiger partial charge in [-0.05, 0) is 145 Å². The molecule has 1 fully saturated rings. The summed E-state index contributed by atoms with van der Waals surface area (Å²) in [5, 5.41) is 58.6. The molecular formula is C87H78Cl6F2N14O14. The minimum atomic E-state index is -1.15. The molecule has 0 radical (unpaired) electrons. The highest BCUT2D eigenvalue weighted by Crippen LogP contribution is 2.30. The van der Waals surface area contributed by atoms with Crippen LogP contribution in [0.4, 0.5) is 8.78 Å². The second-order valence-corrected chi connectivity index (χ2v) is 28.0. The average molecular weight is 1790 g/mol. The Hall–Kier alpha value is -13.0. The average Bonchev–Trinajstić information content (AvgIpc) is 1.66. The Morgan fingerprint density at radius 1 is 0.455 bits per heavy atom. The van der Waals surface area contributed by atoms with Crippen molar-refractivity contribution in [1.82, 2.24) is 64.4 Å². The lowest BCUT2D eigenvalue weighted by molar-refractivity contribution is -0.140. The number of nitriles is 1. The van der Waals surface area contributed by atoms with E-state index in [-0.39, 0.29) is 91.2 Å². The molecule has 4 aromatic carbocycles. The van der Waals surface area contributed by atoms with Crippen molar-refractivity contribution in [1.29, 1.82) is 5.26 Å². The smallest absolute Gasteiger partial charge is 0.360 e. The Kier molecular flexibility index (Phi) is 39.8. The second-order valence-electron chi connectivity index (χ2n) is 25.6. The van der Waals surface area contributed by atoms with Crippen molar-refractivity contribution in [3.05, 3.63) is 323 Å². The summed E-state index contributed by atoms with van der Waals surface area (Å²) in [6.45, 7) is 5.73. The normalized spacial score (nSPS) is 10.7. The number of carboxylic acids is 2. The second kappa shape index (κ2) is 50.3. The molecule has 1 saturated heterocycles. The minimum absolute atomic E-state index is 0.0397. The zero-order chi connectivity index (χ0) is 89.5. The summed E-state index contributed by atoms with van der Waals surface area (Å²) < 4.78 is 51.0. The standard InChI is InChI=1S/C24H20FN3O3.C23H18FN3O3.C8H6ClN3O2.C8H8ClNO2.C7H5ClN2.C7H6ClNO2.C5H3Cl2N.C4H8O.CH4O/c1-15-5-10-21(25)18(12-15)14-19(29)13-16-6-8-17(9-7-16)20-4-3-11-28-23(20)22(26-27-28)24(30)31-2;1-14-4-9-20(24)17(11-14)13-18(28)12-15-5-7-16(8-6-15)19-3-2-10-27-22(19)21(23(29)30)25-26-27;1-14-8(13)6-7-5(9)3-2-4-12(7)11-10-6;1-12-8(11)5-7-6(9)3-2-4-10-7;8-6-2-1-5-10-7(6)3-4-9;8-5-2-1-3-9-6(5)4-7(10)11;6-4-2-1-3-8-5(4)7;1-2-4-5-3-1;1-2/h3-12H,13-14H2,1-2H3;2-11H,12-13H2,1H3,(H,29,30);2-4H,1H3;2-4H,5H2,1H3;1-2,5H,3H2;1-3H,4H2,(H,10,11);1-3H;1-4H2;2H,1H3. The number of aliphatic hydroxyl groups excluding tert-OH is 1. The molecule has 636 valence electrons. The number of aromatic nitrogens is 13. The lowest BCUT2D eigenvalue weighted by Gasteiger charge is -2.08. The lowest BCUT2D eigenvalue weighted by atomic mass is 9.98. The Bertz CT molecular complexity index is 5950. The molecule has 36 heteroatoms. The number of aliphatic hydroxyl groups is 1. The number of esters is 3. The summed E-state index contributed by atoms with van der Waals surface area (Å²) >= 11 is 34.0. The number of ketones is 2. The monoisotopic (exact) mass is 1790 g/mol. The number of hydrogen-bond donors (Lipinski definition) is 3. The number of rotatable bonds is 18. The summed E-state index contributed by atoms with van der Waals surface area (Å²) in [5.41, 5.74) is 10.5. The first-order valence-electron chi connectivity index (χ1n) is 36.7. The number of Topliss-reactive ketones (excluding diaryl/α,β-unsaturated/α-hetero) is 2. The fourth-order valence-electron chi connectivity index (χ4n) is 11.1. The first kappa shape index (κ1) is 97.2. The van der Waals surface area contributed by atoms with E-state index in [4.69, 9.17) is 94.6 Å². The highest BCUT2D eigenvalue weighted by Gasteiger charge is 2.22. The van der Waals surface area contributed by atoms with E-state index < -0.39 is 23.9 Å². The van der Waals surface area contributed by atoms with Gasteiger partial charge in [0.05, 0.1) is 88.9 Å². The molecule has 14 aromatic rings. The SMILES string of the molecule is C1CCOC1.CO.COC(=O)Cc1ncccc1Cl.COC(=O)c1nnn2cccc(-c3ccc(CC(=O)Cc4cc(C)ccc4F)cc3)c12.COC(=O)c1nnn2cccc(Cl)c12.Cc1ccc(F)c(CC(=O)Cc2ccc(-c3cccn4nnc(C(=O)O)c34)cc2)c1.Clc1cccnc1Cl.N#CCc1ncccc1Cl.O=C(O)Cc1ncccc1Cl. The molecule has 0 amide bonds. The number of aryl methyl sites for hydroxylation is 2. The Balaban J connectivity index is 0.000000206. The maximum Gasteiger partial charge on any atom is 0.360 e. The quantitative estimate of drug-likeness (QED) is 0.0408. The number of halogens is 8. The molecule has 1 aliphatic heterocycles. The fraction of sp³-hybridized carbons (Fsp3) is 0.195. The minimum Gasteiger partial charge on any atom is -0.481 e. The fourth-order valence-corrected chi connectivity index (χ4v) is 12.2. The summed E-state index contributed by atoms with van der Waals surface area (Å²) in [5.74, 6) is -4.40. The molecule has 123 heavy (non-hydrogen) atoms. The number of benzene rings is 4. The van der Waals surface area contributed by atoms with E-state index in [0.717, 1.165) is 59.3 Å². The van der Waals surface area contributed by atoms with Gasteiger partial charge in [-0.15, -0.1) is 15.3 Å². The van der Waals surface area contributed by atoms with Crippen LogP contribution in [-0.2, 0) is 83.1 Å². The molecule has 15 rings (SSSR count). The van der Waals surface area contributed by atoms with Crippen molar-refractivity contribution in [3.8, 4) is 28.3 Å². The van der Waals surface area contributed by atoms with E-state index >= 15 is 0 Å². The van der Waals surface area contributed by atoms with Gasteiger partial charge >= 0.3 is 29.8 Å². The number of carbonyl (C=O) groups excluding carboxylic acids is 5. The third kappa shape index (κ3) is 30.0. The number of aromatic carboxylic acids is 1. The first-order valence-corrected chi connectivity index (χ1v) is 39.0. The number of fused-ring (bicyclic) bond motifs is 3. The van der Waals surface area contributed by atoms with Gasteiger partial charge in [-0.2, -0.15) is 5.26 Å². The van der Waals surface area contributed by atoms with Crippen LogP contribution in [0.25, 0.3) is 38.8 Å². The maximum absolute atomic E-state index is 13.9. The molecule has 28 nitrogen and oxygen atoms in total. The predicted molar refractivity (Wildman–Crippen MR) is 458 cm³/mol. The van der Waals surface area contributed by atoms with Crippen LogP contribution in [0.2, 0.25) is 30.3 Å². The van der Waals surface area contributed by atoms with Gasteiger partial charge in [-0.1, -0.05) is 181 Å². The predicted octanol–water partition coefficient (Wildman–Crippen LogP) is 16.5. The molecule has 0 aliphatic carbocycles. The van der Waals surface area contributed by atoms with Crippen molar-refractivity contribution in [2.24, 2.45) is 0 Å². The van der Waals surface area contributed by atoms with E-state index in [0.29, 0.717) is 80.6 Å². The number of carbonyl (C=O) groups is 7. The van der Waals surface area contributed by atoms with Crippen LogP contribution in [0.1, 0.15) is 94.8 Å². The van der Waals surface area contributed by atoms with E-state index in [9.17, 15) is 47.4 Å². The molecule has 3 N–H and O–H groups in total. The molecule has 0 atom stereocenters. The van der Waals surface area contributed by atoms with Crippen LogP contribution in [0, 0.1) is 36.8 Å². The summed E-state index contributed by atoms with van der Waals surface area (Å²) in [7, 11) is 4.91. The molecule has 1 aliphatic rings. The topological polar surface area (TPSA) is 383 Å². The van der Waals surface area contributed by atoms with E-state index in [2.05, 4.69) is 60.3 Å². The Morgan fingerprint density at radius 2 is 0.846 bits per heavy atom. The van der Waals surface area contributed by atoms with Gasteiger partial charge < -0.3 is 34.3 Å². The van der Waals surface area contributed by atoms with Crippen LogP contribution in [0.5, 0.6) is 0 Å². The lowest BCUT2D eigenvalue weighted by Crippen LogP contribution is -2.08. The van der Waals surface area contributed by atoms with Gasteiger partial charge in [0.1, 0.15) is 44.9 Å². The van der Waals surface area contributed by atoms with Gasteiger partial charge in [-0.3, -0.25) is 34.1 Å². The van der Waals surface area contributed by atoms with E-state index in [1.54, 1.807) is 134 Å². The zero-order valence-corrected chi connectivity index (χ0v) is 71.1. The van der Waals surface area contributed by atoms with Crippen molar-refractivity contribution in [3.63, 3.8) is 0 Å². The first-order chi connectivity index (χ1) is 59.2. The molecular weight excluding hydrogens is 1720 g/mol. The number of ether oxygens (including phenoxy) is 4. The number of methoxy groups -OCH3 is 3. The summed E-state index contributed by atoms with van der Waals surface area (Å²) in [6, 6.07) is 50.4. The van der Waals surface area contributed by atoms with Gasteiger partial charge in [-0.25, -0.2) is 41.7 Å². The van der Waals surface area contributed by atoms with Crippen molar-refractivity contribution < 1.29 is 76.6 Å². The van der Waals surface area contributed by atoms with Crippen LogP contribution < -0.4 is 0 Å². The van der Waals surface area contributed by atoms with Crippen molar-refractivity contribution in [2.75, 3.05) is 41.7 Å². The number of carboxylic acid groups (broad SMARTS) is 2. The van der Waals surface area contributed by atoms with Crippen LogP contribution in [0.3, 0.4) is 0 Å².